The van der Waals surface area contributed by atoms with Crippen LogP contribution in [0.4, 0.5) is 0 Å². The SMILES string of the molecule is COc1cccc(OC)c1OC1CCN(C(=O)c2cc(C)n(-c3ccccc3)n2)CC1. The van der Waals surface area contributed by atoms with Crippen LogP contribution >= 0.6 is 0 Å². The van der Waals surface area contributed by atoms with Crippen LogP contribution in [0.2, 0.25) is 0 Å². The summed E-state index contributed by atoms with van der Waals surface area (Å²) in [6.45, 7) is 3.17. The van der Waals surface area contributed by atoms with E-state index in [9.17, 15) is 4.79 Å². The standard InChI is InChI=1S/C24H27N3O4/c1-17-16-20(25-27(17)18-8-5-4-6-9-18)24(28)26-14-12-19(13-15-26)31-23-21(29-2)10-7-11-22(23)30-3/h4-11,16,19H,12-15H2,1-3H3. The zero-order valence-electron chi connectivity index (χ0n) is 18.1. The molecular formula is C24H27N3O4. The minimum Gasteiger partial charge on any atom is -0.493 e. The molecule has 7 nitrogen and oxygen atoms in total. The van der Waals surface area contributed by atoms with Gasteiger partial charge in [0.2, 0.25) is 5.75 Å². The fourth-order valence-corrected chi connectivity index (χ4v) is 3.85. The highest BCUT2D eigenvalue weighted by molar-refractivity contribution is 5.92. The van der Waals surface area contributed by atoms with Crippen molar-refractivity contribution in [1.29, 1.82) is 0 Å². The molecule has 31 heavy (non-hydrogen) atoms. The van der Waals surface area contributed by atoms with Gasteiger partial charge in [0.25, 0.3) is 5.91 Å². The Morgan fingerprint density at radius 1 is 0.968 bits per heavy atom. The van der Waals surface area contributed by atoms with Crippen molar-refractivity contribution < 1.29 is 19.0 Å². The molecule has 2 aromatic carbocycles. The summed E-state index contributed by atoms with van der Waals surface area (Å²) in [5, 5.41) is 4.55. The lowest BCUT2D eigenvalue weighted by Gasteiger charge is -2.32. The predicted octanol–water partition coefficient (Wildman–Crippen LogP) is 3.88. The smallest absolute Gasteiger partial charge is 0.274 e. The van der Waals surface area contributed by atoms with Gasteiger partial charge in [0.15, 0.2) is 17.2 Å². The number of carbonyl (C=O) groups excluding carboxylic acids is 1. The molecule has 0 spiro atoms. The zero-order chi connectivity index (χ0) is 21.8. The van der Waals surface area contributed by atoms with Gasteiger partial charge in [0, 0.05) is 31.6 Å². The van der Waals surface area contributed by atoms with Crippen molar-refractivity contribution in [3.8, 4) is 22.9 Å². The lowest BCUT2D eigenvalue weighted by Crippen LogP contribution is -2.42. The summed E-state index contributed by atoms with van der Waals surface area (Å²) in [7, 11) is 3.22. The van der Waals surface area contributed by atoms with Gasteiger partial charge in [-0.25, -0.2) is 4.68 Å². The molecule has 1 amide bonds. The Kier molecular flexibility index (Phi) is 6.11. The van der Waals surface area contributed by atoms with Gasteiger partial charge in [-0.2, -0.15) is 5.10 Å². The maximum Gasteiger partial charge on any atom is 0.274 e. The second kappa shape index (κ2) is 9.12. The number of carbonyl (C=O) groups is 1. The third-order valence-electron chi connectivity index (χ3n) is 5.50. The number of ether oxygens (including phenoxy) is 3. The van der Waals surface area contributed by atoms with E-state index < -0.39 is 0 Å². The third kappa shape index (κ3) is 4.35. The van der Waals surface area contributed by atoms with E-state index in [4.69, 9.17) is 14.2 Å². The molecule has 4 rings (SSSR count). The van der Waals surface area contributed by atoms with Crippen LogP contribution in [-0.2, 0) is 0 Å². The number of rotatable bonds is 6. The molecule has 0 aliphatic carbocycles. The second-order valence-electron chi connectivity index (χ2n) is 7.52. The molecule has 1 saturated heterocycles. The first kappa shape index (κ1) is 20.8. The quantitative estimate of drug-likeness (QED) is 0.604. The minimum atomic E-state index is -0.0499. The normalized spacial score (nSPS) is 14.4. The van der Waals surface area contributed by atoms with E-state index in [-0.39, 0.29) is 12.0 Å². The zero-order valence-corrected chi connectivity index (χ0v) is 18.1. The average molecular weight is 421 g/mol. The van der Waals surface area contributed by atoms with E-state index in [0.29, 0.717) is 36.0 Å². The number of nitrogens with zero attached hydrogens (tertiary/aromatic N) is 3. The maximum atomic E-state index is 13.0. The summed E-state index contributed by atoms with van der Waals surface area (Å²) in [5.74, 6) is 1.83. The number of aryl methyl sites for hydroxylation is 1. The molecule has 1 aliphatic heterocycles. The lowest BCUT2D eigenvalue weighted by molar-refractivity contribution is 0.0579. The van der Waals surface area contributed by atoms with Gasteiger partial charge < -0.3 is 19.1 Å². The largest absolute Gasteiger partial charge is 0.493 e. The molecule has 1 aliphatic rings. The molecule has 0 unspecified atom stereocenters. The molecule has 3 aromatic rings. The fourth-order valence-electron chi connectivity index (χ4n) is 3.85. The van der Waals surface area contributed by atoms with Crippen LogP contribution in [0.25, 0.3) is 5.69 Å². The van der Waals surface area contributed by atoms with Crippen LogP contribution in [0.1, 0.15) is 29.0 Å². The van der Waals surface area contributed by atoms with E-state index in [1.165, 1.54) is 0 Å². The average Bonchev–Trinajstić information content (AvgIpc) is 3.21. The van der Waals surface area contributed by atoms with Crippen molar-refractivity contribution in [3.05, 3.63) is 66.0 Å². The highest BCUT2D eigenvalue weighted by Crippen LogP contribution is 2.38. The summed E-state index contributed by atoms with van der Waals surface area (Å²) in [5.41, 5.74) is 2.33. The Morgan fingerprint density at radius 2 is 1.61 bits per heavy atom. The van der Waals surface area contributed by atoms with E-state index in [0.717, 1.165) is 24.2 Å². The Morgan fingerprint density at radius 3 is 2.23 bits per heavy atom. The van der Waals surface area contributed by atoms with Crippen LogP contribution in [0.15, 0.2) is 54.6 Å². The van der Waals surface area contributed by atoms with E-state index in [1.54, 1.807) is 18.9 Å². The number of methoxy groups -OCH3 is 2. The third-order valence-corrected chi connectivity index (χ3v) is 5.50. The Labute approximate surface area is 182 Å². The second-order valence-corrected chi connectivity index (χ2v) is 7.52. The number of hydrogen-bond donors (Lipinski definition) is 0. The topological polar surface area (TPSA) is 65.8 Å². The number of likely N-dealkylation sites (tertiary alicyclic amines) is 1. The monoisotopic (exact) mass is 421 g/mol. The van der Waals surface area contributed by atoms with Crippen molar-refractivity contribution >= 4 is 5.91 Å². The Balaban J connectivity index is 1.41. The number of aromatic nitrogens is 2. The molecule has 0 N–H and O–H groups in total. The number of para-hydroxylation sites is 2. The van der Waals surface area contributed by atoms with Gasteiger partial charge in [0.1, 0.15) is 6.10 Å². The fraction of sp³-hybridized carbons (Fsp3) is 0.333. The molecule has 7 heteroatoms. The molecule has 0 bridgehead atoms. The molecule has 162 valence electrons. The first-order valence-electron chi connectivity index (χ1n) is 10.4. The summed E-state index contributed by atoms with van der Waals surface area (Å²) in [6, 6.07) is 17.2. The lowest BCUT2D eigenvalue weighted by atomic mass is 10.1. The van der Waals surface area contributed by atoms with Gasteiger partial charge >= 0.3 is 0 Å². The van der Waals surface area contributed by atoms with Crippen LogP contribution in [0, 0.1) is 6.92 Å². The molecule has 2 heterocycles. The van der Waals surface area contributed by atoms with Crippen LogP contribution < -0.4 is 14.2 Å². The summed E-state index contributed by atoms with van der Waals surface area (Å²) < 4.78 is 18.8. The molecule has 0 radical (unpaired) electrons. The molecule has 0 atom stereocenters. The van der Waals surface area contributed by atoms with Gasteiger partial charge in [-0.05, 0) is 37.3 Å². The van der Waals surface area contributed by atoms with E-state index in [2.05, 4.69) is 5.10 Å². The molecular weight excluding hydrogens is 394 g/mol. The highest BCUT2D eigenvalue weighted by Gasteiger charge is 2.28. The van der Waals surface area contributed by atoms with Gasteiger partial charge in [-0.15, -0.1) is 0 Å². The first-order valence-corrected chi connectivity index (χ1v) is 10.4. The van der Waals surface area contributed by atoms with Gasteiger partial charge in [0.05, 0.1) is 19.9 Å². The number of piperidine rings is 1. The van der Waals surface area contributed by atoms with Crippen LogP contribution in [-0.4, -0.2) is 54.0 Å². The van der Waals surface area contributed by atoms with Crippen molar-refractivity contribution in [3.63, 3.8) is 0 Å². The number of amides is 1. The van der Waals surface area contributed by atoms with Crippen LogP contribution in [0.3, 0.4) is 0 Å². The van der Waals surface area contributed by atoms with E-state index in [1.807, 2.05) is 66.4 Å². The Hall–Kier alpha value is -3.48. The van der Waals surface area contributed by atoms with E-state index >= 15 is 0 Å². The number of benzene rings is 2. The van der Waals surface area contributed by atoms with Crippen molar-refractivity contribution in [2.45, 2.75) is 25.9 Å². The summed E-state index contributed by atoms with van der Waals surface area (Å²) >= 11 is 0. The Bertz CT molecular complexity index is 1020. The van der Waals surface area contributed by atoms with Gasteiger partial charge in [-0.1, -0.05) is 24.3 Å². The van der Waals surface area contributed by atoms with Crippen molar-refractivity contribution in [2.24, 2.45) is 0 Å². The molecule has 1 fully saturated rings. The first-order chi connectivity index (χ1) is 15.1. The predicted molar refractivity (Wildman–Crippen MR) is 117 cm³/mol. The molecule has 0 saturated carbocycles. The number of hydrogen-bond acceptors (Lipinski definition) is 5. The maximum absolute atomic E-state index is 13.0. The minimum absolute atomic E-state index is 0.0159. The summed E-state index contributed by atoms with van der Waals surface area (Å²) in [6.07, 6.45) is 1.44. The summed E-state index contributed by atoms with van der Waals surface area (Å²) in [4.78, 5) is 14.9. The van der Waals surface area contributed by atoms with Crippen molar-refractivity contribution in [2.75, 3.05) is 27.3 Å². The molecule has 1 aromatic heterocycles. The highest BCUT2D eigenvalue weighted by atomic mass is 16.5. The van der Waals surface area contributed by atoms with Crippen molar-refractivity contribution in [1.82, 2.24) is 14.7 Å². The van der Waals surface area contributed by atoms with Crippen LogP contribution in [0.5, 0.6) is 17.2 Å². The van der Waals surface area contributed by atoms with Gasteiger partial charge in [-0.3, -0.25) is 4.79 Å².